The first-order chi connectivity index (χ1) is 36.0. The number of allylic oxidation sites excluding steroid dienone is 20. The summed E-state index contributed by atoms with van der Waals surface area (Å²) in [5.74, 6) is -1.03. The first-order valence-electron chi connectivity index (χ1n) is 30.0. The zero-order chi connectivity index (χ0) is 52.9. The average Bonchev–Trinajstić information content (AvgIpc) is 3.39. The highest BCUT2D eigenvalue weighted by atomic mass is 16.6. The summed E-state index contributed by atoms with van der Waals surface area (Å²) in [4.78, 5) is 38.2. The molecule has 0 N–H and O–H groups in total. The average molecular weight is 1010 g/mol. The number of unbranched alkanes of at least 4 members (excludes halogenated alkanes) is 22. The van der Waals surface area contributed by atoms with Crippen molar-refractivity contribution in [2.75, 3.05) is 13.2 Å². The lowest BCUT2D eigenvalue weighted by molar-refractivity contribution is -0.166. The van der Waals surface area contributed by atoms with E-state index in [1.54, 1.807) is 0 Å². The van der Waals surface area contributed by atoms with Gasteiger partial charge in [0.05, 0.1) is 0 Å². The Balaban J connectivity index is 4.56. The van der Waals surface area contributed by atoms with Crippen molar-refractivity contribution in [2.24, 2.45) is 0 Å². The van der Waals surface area contributed by atoms with Crippen LogP contribution in [0, 0.1) is 0 Å². The molecule has 0 aliphatic rings. The Bertz CT molecular complexity index is 1540. The molecule has 414 valence electrons. The van der Waals surface area contributed by atoms with E-state index in [0.29, 0.717) is 19.3 Å². The highest BCUT2D eigenvalue weighted by Crippen LogP contribution is 2.15. The number of carbonyl (C=O) groups excluding carboxylic acids is 3. The van der Waals surface area contributed by atoms with Crippen molar-refractivity contribution >= 4 is 17.9 Å². The molecule has 0 aromatic carbocycles. The summed E-state index contributed by atoms with van der Waals surface area (Å²) in [7, 11) is 0. The lowest BCUT2D eigenvalue weighted by atomic mass is 10.0. The van der Waals surface area contributed by atoms with Crippen LogP contribution >= 0.6 is 0 Å². The van der Waals surface area contributed by atoms with Gasteiger partial charge in [0.15, 0.2) is 6.10 Å². The number of carbonyl (C=O) groups is 3. The number of hydrogen-bond acceptors (Lipinski definition) is 6. The maximum Gasteiger partial charge on any atom is 0.306 e. The Morgan fingerprint density at radius 1 is 0.288 bits per heavy atom. The molecule has 0 spiro atoms. The summed E-state index contributed by atoms with van der Waals surface area (Å²) < 4.78 is 16.8. The predicted molar refractivity (Wildman–Crippen MR) is 316 cm³/mol. The molecule has 6 heteroatoms. The zero-order valence-corrected chi connectivity index (χ0v) is 47.4. The Morgan fingerprint density at radius 3 is 0.945 bits per heavy atom. The molecule has 0 heterocycles. The van der Waals surface area contributed by atoms with E-state index in [1.807, 2.05) is 6.08 Å². The summed E-state index contributed by atoms with van der Waals surface area (Å²) in [6.45, 7) is 6.42. The van der Waals surface area contributed by atoms with Crippen LogP contribution in [0.25, 0.3) is 0 Å². The van der Waals surface area contributed by atoms with Gasteiger partial charge in [0.1, 0.15) is 13.2 Å². The van der Waals surface area contributed by atoms with Gasteiger partial charge >= 0.3 is 17.9 Å². The Kier molecular flexibility index (Phi) is 56.9. The molecule has 0 saturated carbocycles. The Morgan fingerprint density at radius 2 is 0.562 bits per heavy atom. The highest BCUT2D eigenvalue weighted by Gasteiger charge is 2.19. The van der Waals surface area contributed by atoms with E-state index in [0.717, 1.165) is 96.3 Å². The van der Waals surface area contributed by atoms with E-state index in [-0.39, 0.29) is 44.0 Å². The van der Waals surface area contributed by atoms with Crippen LogP contribution in [0.1, 0.15) is 265 Å². The smallest absolute Gasteiger partial charge is 0.306 e. The van der Waals surface area contributed by atoms with E-state index in [1.165, 1.54) is 116 Å². The van der Waals surface area contributed by atoms with Crippen molar-refractivity contribution in [3.63, 3.8) is 0 Å². The van der Waals surface area contributed by atoms with Gasteiger partial charge in [-0.2, -0.15) is 0 Å². The zero-order valence-electron chi connectivity index (χ0n) is 47.4. The van der Waals surface area contributed by atoms with E-state index in [2.05, 4.69) is 136 Å². The standard InChI is InChI=1S/C67H110O6/c1-4-7-10-13-16-19-22-25-28-31-33-36-39-42-45-48-51-54-57-60-66(69)72-63-64(62-71-65(68)59-56-53-50-47-44-41-38-35-30-27-24-21-18-15-12-9-6-3)73-67(70)61-58-55-52-49-46-43-40-37-34-32-29-26-23-20-17-14-11-8-5-2/h7,10,16-17,19-20,25-26,28-29,33-34,36-37,42-43,45-46,51,54,64H,4-6,8-9,11-15,18,21-24,27,30-32,35,38-41,44,47-50,52-53,55-63H2,1-3H3/b10-7+,19-16+,20-17+,28-25+,29-26+,36-33+,37-34+,45-42+,46-43+,54-51+/t64-/m1/s1. The minimum atomic E-state index is -0.828. The molecule has 0 bridgehead atoms. The van der Waals surface area contributed by atoms with Gasteiger partial charge in [-0.15, -0.1) is 0 Å². The molecule has 0 aromatic heterocycles. The molecule has 6 nitrogen and oxygen atoms in total. The number of esters is 3. The Hall–Kier alpha value is -4.19. The van der Waals surface area contributed by atoms with Crippen molar-refractivity contribution < 1.29 is 28.6 Å². The molecule has 0 aliphatic carbocycles. The SMILES string of the molecule is CC/C=C/C/C=C/C/C=C/C/C=C/C/C=C/C/C=C/CCC(=O)OC[C@@H](COC(=O)CCCCCCCCCCCCCCCCCCC)OC(=O)CCCCC/C=C/C/C=C/C/C=C/C/C=C/CCCCC. The van der Waals surface area contributed by atoms with Crippen LogP contribution in [0.4, 0.5) is 0 Å². The van der Waals surface area contributed by atoms with Crippen molar-refractivity contribution in [1.29, 1.82) is 0 Å². The van der Waals surface area contributed by atoms with E-state index < -0.39 is 6.10 Å². The largest absolute Gasteiger partial charge is 0.462 e. The monoisotopic (exact) mass is 1010 g/mol. The lowest BCUT2D eigenvalue weighted by Gasteiger charge is -2.18. The van der Waals surface area contributed by atoms with Crippen LogP contribution in [0.5, 0.6) is 0 Å². The quantitative estimate of drug-likeness (QED) is 0.0261. The fraction of sp³-hybridized carbons (Fsp3) is 0.657. The van der Waals surface area contributed by atoms with Crippen LogP contribution < -0.4 is 0 Å². The fourth-order valence-electron chi connectivity index (χ4n) is 7.98. The molecule has 0 fully saturated rings. The molecule has 0 aliphatic heterocycles. The highest BCUT2D eigenvalue weighted by molar-refractivity contribution is 5.71. The lowest BCUT2D eigenvalue weighted by Crippen LogP contribution is -2.30. The third kappa shape index (κ3) is 58.6. The molecular formula is C67H110O6. The summed E-state index contributed by atoms with van der Waals surface area (Å²) in [5, 5.41) is 0. The normalized spacial score (nSPS) is 13.0. The van der Waals surface area contributed by atoms with Crippen LogP contribution in [-0.2, 0) is 28.6 Å². The van der Waals surface area contributed by atoms with Crippen molar-refractivity contribution in [1.82, 2.24) is 0 Å². The van der Waals surface area contributed by atoms with E-state index in [4.69, 9.17) is 14.2 Å². The summed E-state index contributed by atoms with van der Waals surface area (Å²) >= 11 is 0. The third-order valence-corrected chi connectivity index (χ3v) is 12.5. The summed E-state index contributed by atoms with van der Waals surface area (Å²) in [6, 6.07) is 0. The number of ether oxygens (including phenoxy) is 3. The van der Waals surface area contributed by atoms with Crippen LogP contribution in [-0.4, -0.2) is 37.2 Å². The maximum absolute atomic E-state index is 12.9. The number of hydrogen-bond donors (Lipinski definition) is 0. The number of rotatable bonds is 53. The van der Waals surface area contributed by atoms with Gasteiger partial charge in [-0.1, -0.05) is 264 Å². The molecule has 0 radical (unpaired) electrons. The summed E-state index contributed by atoms with van der Waals surface area (Å²) in [5.41, 5.74) is 0. The maximum atomic E-state index is 12.9. The van der Waals surface area contributed by atoms with Crippen LogP contribution in [0.3, 0.4) is 0 Å². The van der Waals surface area contributed by atoms with Crippen molar-refractivity contribution in [3.05, 3.63) is 122 Å². The van der Waals surface area contributed by atoms with Gasteiger partial charge in [-0.3, -0.25) is 14.4 Å². The topological polar surface area (TPSA) is 78.9 Å². The predicted octanol–water partition coefficient (Wildman–Crippen LogP) is 20.4. The van der Waals surface area contributed by atoms with Gasteiger partial charge in [0, 0.05) is 19.3 Å². The van der Waals surface area contributed by atoms with Crippen molar-refractivity contribution in [2.45, 2.75) is 271 Å². The third-order valence-electron chi connectivity index (χ3n) is 12.5. The van der Waals surface area contributed by atoms with Gasteiger partial charge in [-0.25, -0.2) is 0 Å². The minimum Gasteiger partial charge on any atom is -0.462 e. The molecule has 0 rings (SSSR count). The van der Waals surface area contributed by atoms with E-state index >= 15 is 0 Å². The first kappa shape index (κ1) is 68.8. The fourth-order valence-corrected chi connectivity index (χ4v) is 7.98. The van der Waals surface area contributed by atoms with Gasteiger partial charge < -0.3 is 14.2 Å². The van der Waals surface area contributed by atoms with Crippen molar-refractivity contribution in [3.8, 4) is 0 Å². The molecule has 0 amide bonds. The molecule has 0 aromatic rings. The molecule has 0 unspecified atom stereocenters. The van der Waals surface area contributed by atoms with Gasteiger partial charge in [0.2, 0.25) is 0 Å². The Labute approximate surface area is 450 Å². The van der Waals surface area contributed by atoms with Gasteiger partial charge in [-0.05, 0) is 103 Å². The molecule has 1 atom stereocenters. The molecule has 73 heavy (non-hydrogen) atoms. The van der Waals surface area contributed by atoms with E-state index in [9.17, 15) is 14.4 Å². The molecular weight excluding hydrogens is 901 g/mol. The first-order valence-corrected chi connectivity index (χ1v) is 30.0. The molecule has 0 saturated heterocycles. The van der Waals surface area contributed by atoms with Crippen LogP contribution in [0.15, 0.2) is 122 Å². The van der Waals surface area contributed by atoms with Crippen LogP contribution in [0.2, 0.25) is 0 Å². The second kappa shape index (κ2) is 60.4. The second-order valence-electron chi connectivity index (χ2n) is 19.5. The van der Waals surface area contributed by atoms with Gasteiger partial charge in [0.25, 0.3) is 0 Å². The second-order valence-corrected chi connectivity index (χ2v) is 19.5. The minimum absolute atomic E-state index is 0.115. The summed E-state index contributed by atoms with van der Waals surface area (Å²) in [6.07, 6.45) is 83.4.